The maximum Gasteiger partial charge on any atom is 0.169 e. The SMILES string of the molecule is CCCc1c(C)c(/C=C/c2cc[n+](CC)cc2)c(CCC)c(C)c1/C=C/c1cc[n+](CC)cc1. The van der Waals surface area contributed by atoms with Crippen LogP contribution in [0.5, 0.6) is 0 Å². The molecule has 0 aliphatic heterocycles. The number of benzene rings is 1. The second-order valence-electron chi connectivity index (χ2n) is 9.12. The van der Waals surface area contributed by atoms with E-state index in [2.05, 4.69) is 124 Å². The molecule has 2 heterocycles. The summed E-state index contributed by atoms with van der Waals surface area (Å²) in [7, 11) is 0. The number of hydrogen-bond acceptors (Lipinski definition) is 0. The minimum absolute atomic E-state index is 1.000. The minimum Gasteiger partial charge on any atom is -0.205 e. The molecule has 2 aromatic heterocycles. The molecule has 0 aliphatic rings. The largest absolute Gasteiger partial charge is 0.205 e. The van der Waals surface area contributed by atoms with Crippen LogP contribution in [0.2, 0.25) is 0 Å². The van der Waals surface area contributed by atoms with Gasteiger partial charge in [0.05, 0.1) is 0 Å². The Morgan fingerprint density at radius 1 is 0.559 bits per heavy atom. The lowest BCUT2D eigenvalue weighted by atomic mass is 9.83. The maximum absolute atomic E-state index is 2.35. The highest BCUT2D eigenvalue weighted by Crippen LogP contribution is 2.32. The molecule has 0 unspecified atom stereocenters. The third-order valence-corrected chi connectivity index (χ3v) is 6.81. The van der Waals surface area contributed by atoms with Crippen LogP contribution in [0.25, 0.3) is 24.3 Å². The van der Waals surface area contributed by atoms with E-state index in [1.807, 2.05) is 0 Å². The van der Waals surface area contributed by atoms with Crippen molar-refractivity contribution in [2.75, 3.05) is 0 Å². The molecule has 34 heavy (non-hydrogen) atoms. The normalized spacial score (nSPS) is 11.7. The fraction of sp³-hybridized carbons (Fsp3) is 0.375. The number of aryl methyl sites for hydroxylation is 2. The predicted molar refractivity (Wildman–Crippen MR) is 146 cm³/mol. The summed E-state index contributed by atoms with van der Waals surface area (Å²) in [6, 6.07) is 8.81. The zero-order chi connectivity index (χ0) is 24.5. The Kier molecular flexibility index (Phi) is 9.39. The van der Waals surface area contributed by atoms with E-state index in [0.717, 1.165) is 38.8 Å². The van der Waals surface area contributed by atoms with Crippen LogP contribution in [0.1, 0.15) is 85.0 Å². The molecule has 0 saturated heterocycles. The summed E-state index contributed by atoms with van der Waals surface area (Å²) < 4.78 is 4.40. The van der Waals surface area contributed by atoms with Crippen molar-refractivity contribution in [1.29, 1.82) is 0 Å². The topological polar surface area (TPSA) is 7.76 Å². The average Bonchev–Trinajstić information content (AvgIpc) is 2.87. The van der Waals surface area contributed by atoms with Crippen molar-refractivity contribution in [2.24, 2.45) is 0 Å². The van der Waals surface area contributed by atoms with E-state index in [-0.39, 0.29) is 0 Å². The first-order chi connectivity index (χ1) is 16.5. The molecule has 1 aromatic carbocycles. The smallest absolute Gasteiger partial charge is 0.169 e. The van der Waals surface area contributed by atoms with Crippen LogP contribution in [0.4, 0.5) is 0 Å². The van der Waals surface area contributed by atoms with Gasteiger partial charge in [0.25, 0.3) is 0 Å². The first kappa shape index (κ1) is 25.6. The second kappa shape index (κ2) is 12.5. The third-order valence-electron chi connectivity index (χ3n) is 6.81. The Balaban J connectivity index is 2.07. The zero-order valence-electron chi connectivity index (χ0n) is 22.1. The predicted octanol–water partition coefficient (Wildman–Crippen LogP) is 7.16. The fourth-order valence-corrected chi connectivity index (χ4v) is 4.72. The number of nitrogens with zero attached hydrogens (tertiary/aromatic N) is 2. The Morgan fingerprint density at radius 3 is 1.21 bits per heavy atom. The Labute approximate surface area is 207 Å². The molecule has 0 saturated carbocycles. The van der Waals surface area contributed by atoms with Gasteiger partial charge in [-0.05, 0) is 85.0 Å². The van der Waals surface area contributed by atoms with Gasteiger partial charge in [-0.15, -0.1) is 0 Å². The number of rotatable bonds is 10. The highest BCUT2D eigenvalue weighted by atomic mass is 14.9. The molecule has 0 bridgehead atoms. The molecule has 3 aromatic rings. The molecule has 0 fully saturated rings. The van der Waals surface area contributed by atoms with Gasteiger partial charge in [0.2, 0.25) is 0 Å². The first-order valence-electron chi connectivity index (χ1n) is 13.0. The minimum atomic E-state index is 1.000. The maximum atomic E-state index is 2.35. The molecule has 2 heteroatoms. The van der Waals surface area contributed by atoms with Crippen molar-refractivity contribution in [3.05, 3.63) is 93.6 Å². The summed E-state index contributed by atoms with van der Waals surface area (Å²) in [5, 5.41) is 0. The molecule has 0 radical (unpaired) electrons. The molecule has 0 aliphatic carbocycles. The van der Waals surface area contributed by atoms with Gasteiger partial charge < -0.3 is 0 Å². The highest BCUT2D eigenvalue weighted by molar-refractivity contribution is 5.80. The van der Waals surface area contributed by atoms with Crippen molar-refractivity contribution in [3.63, 3.8) is 0 Å². The molecule has 0 N–H and O–H groups in total. The van der Waals surface area contributed by atoms with Gasteiger partial charge in [0.15, 0.2) is 24.8 Å². The van der Waals surface area contributed by atoms with Gasteiger partial charge in [0.1, 0.15) is 13.1 Å². The van der Waals surface area contributed by atoms with Gasteiger partial charge >= 0.3 is 0 Å². The molecule has 0 spiro atoms. The fourth-order valence-electron chi connectivity index (χ4n) is 4.72. The second-order valence-corrected chi connectivity index (χ2v) is 9.12. The summed E-state index contributed by atoms with van der Waals surface area (Å²) in [5.41, 5.74) is 11.2. The lowest BCUT2D eigenvalue weighted by Crippen LogP contribution is -2.30. The standard InChI is InChI=1S/C32H42N2/c1-7-11-29-25(5)32(16-14-28-19-23-34(10-4)24-20-28)30(12-8-2)26(6)31(29)15-13-27-17-21-33(9-3)22-18-27/h13-24H,7-12H2,1-6H3/q+2/b15-13+,16-14+. The van der Waals surface area contributed by atoms with E-state index in [9.17, 15) is 0 Å². The van der Waals surface area contributed by atoms with Crippen LogP contribution in [-0.4, -0.2) is 0 Å². The molecular formula is C32H42N2+2. The Morgan fingerprint density at radius 2 is 0.912 bits per heavy atom. The van der Waals surface area contributed by atoms with Crippen molar-refractivity contribution < 1.29 is 9.13 Å². The van der Waals surface area contributed by atoms with E-state index in [1.165, 1.54) is 44.5 Å². The summed E-state index contributed by atoms with van der Waals surface area (Å²) in [5.74, 6) is 0. The van der Waals surface area contributed by atoms with Gasteiger partial charge in [-0.2, -0.15) is 0 Å². The molecular weight excluding hydrogens is 412 g/mol. The van der Waals surface area contributed by atoms with Crippen molar-refractivity contribution in [2.45, 2.75) is 80.3 Å². The van der Waals surface area contributed by atoms with Gasteiger partial charge in [-0.25, -0.2) is 9.13 Å². The zero-order valence-corrected chi connectivity index (χ0v) is 22.1. The van der Waals surface area contributed by atoms with E-state index >= 15 is 0 Å². The van der Waals surface area contributed by atoms with Crippen LogP contribution in [0, 0.1) is 13.8 Å². The van der Waals surface area contributed by atoms with E-state index in [4.69, 9.17) is 0 Å². The van der Waals surface area contributed by atoms with E-state index in [1.54, 1.807) is 0 Å². The molecule has 178 valence electrons. The van der Waals surface area contributed by atoms with Crippen LogP contribution >= 0.6 is 0 Å². The van der Waals surface area contributed by atoms with Crippen molar-refractivity contribution >= 4 is 24.3 Å². The average molecular weight is 455 g/mol. The van der Waals surface area contributed by atoms with Crippen LogP contribution < -0.4 is 9.13 Å². The van der Waals surface area contributed by atoms with Gasteiger partial charge in [0, 0.05) is 24.3 Å². The number of aromatic nitrogens is 2. The summed E-state index contributed by atoms with van der Waals surface area (Å²) in [6.45, 7) is 15.6. The van der Waals surface area contributed by atoms with Gasteiger partial charge in [-0.1, -0.05) is 51.0 Å². The quantitative estimate of drug-likeness (QED) is 0.287. The summed E-state index contributed by atoms with van der Waals surface area (Å²) >= 11 is 0. The lowest BCUT2D eigenvalue weighted by Gasteiger charge is -2.21. The monoisotopic (exact) mass is 454 g/mol. The van der Waals surface area contributed by atoms with Crippen molar-refractivity contribution in [1.82, 2.24) is 0 Å². The Hall–Kier alpha value is -3.00. The highest BCUT2D eigenvalue weighted by Gasteiger charge is 2.16. The van der Waals surface area contributed by atoms with Crippen LogP contribution in [-0.2, 0) is 25.9 Å². The van der Waals surface area contributed by atoms with Gasteiger partial charge in [-0.3, -0.25) is 0 Å². The molecule has 0 amide bonds. The van der Waals surface area contributed by atoms with E-state index < -0.39 is 0 Å². The summed E-state index contributed by atoms with van der Waals surface area (Å²) in [4.78, 5) is 0. The third kappa shape index (κ3) is 6.11. The van der Waals surface area contributed by atoms with Crippen molar-refractivity contribution in [3.8, 4) is 0 Å². The molecule has 2 nitrogen and oxygen atoms in total. The van der Waals surface area contributed by atoms with Crippen LogP contribution in [0.15, 0.2) is 49.1 Å². The number of pyridine rings is 2. The molecule has 0 atom stereocenters. The first-order valence-corrected chi connectivity index (χ1v) is 13.0. The van der Waals surface area contributed by atoms with E-state index in [0.29, 0.717) is 0 Å². The van der Waals surface area contributed by atoms with Crippen LogP contribution in [0.3, 0.4) is 0 Å². The number of hydrogen-bond donors (Lipinski definition) is 0. The lowest BCUT2D eigenvalue weighted by molar-refractivity contribution is -0.693. The Bertz CT molecular complexity index is 1040. The molecule has 3 rings (SSSR count). The summed E-state index contributed by atoms with van der Waals surface area (Å²) in [6.07, 6.45) is 22.4.